The Kier molecular flexibility index (Phi) is 3.27. The molecule has 1 aromatic heterocycles. The molecule has 0 N–H and O–H groups in total. The summed E-state index contributed by atoms with van der Waals surface area (Å²) >= 11 is 0. The van der Waals surface area contributed by atoms with Gasteiger partial charge in [-0.3, -0.25) is 0 Å². The smallest absolute Gasteiger partial charge is 0.135 e. The summed E-state index contributed by atoms with van der Waals surface area (Å²) in [5.74, 6) is 1.03. The zero-order chi connectivity index (χ0) is 10.1. The normalized spacial score (nSPS) is 14.0. The summed E-state index contributed by atoms with van der Waals surface area (Å²) in [6.07, 6.45) is 1.93. The van der Waals surface area contributed by atoms with Crippen LogP contribution in [-0.4, -0.2) is 16.2 Å². The fourth-order valence-corrected chi connectivity index (χ4v) is 1.94. The van der Waals surface area contributed by atoms with Gasteiger partial charge in [0.2, 0.25) is 0 Å². The first-order valence-corrected chi connectivity index (χ1v) is 5.13. The van der Waals surface area contributed by atoms with Crippen LogP contribution < -0.4 is 0 Å². The van der Waals surface area contributed by atoms with Crippen molar-refractivity contribution >= 4 is 12.4 Å². The van der Waals surface area contributed by atoms with Gasteiger partial charge in [0.05, 0.1) is 18.5 Å². The lowest BCUT2D eigenvalue weighted by molar-refractivity contribution is 0.0821. The molecular weight excluding hydrogens is 224 g/mol. The van der Waals surface area contributed by atoms with Crippen molar-refractivity contribution in [2.45, 2.75) is 13.2 Å². The first-order valence-electron chi connectivity index (χ1n) is 5.13. The van der Waals surface area contributed by atoms with Crippen LogP contribution in [0.3, 0.4) is 0 Å². The van der Waals surface area contributed by atoms with E-state index in [1.807, 2.05) is 12.3 Å². The molecule has 1 aliphatic rings. The van der Waals surface area contributed by atoms with Crippen LogP contribution in [0.5, 0.6) is 0 Å². The number of benzene rings is 1. The highest BCUT2D eigenvalue weighted by atomic mass is 35.5. The van der Waals surface area contributed by atoms with Gasteiger partial charge < -0.3 is 9.30 Å². The van der Waals surface area contributed by atoms with E-state index in [1.54, 1.807) is 0 Å². The molecule has 1 aromatic carbocycles. The first kappa shape index (κ1) is 11.2. The number of hydrogen-bond acceptors (Lipinski definition) is 2. The lowest BCUT2D eigenvalue weighted by atomic mass is 10.2. The van der Waals surface area contributed by atoms with E-state index < -0.39 is 0 Å². The van der Waals surface area contributed by atoms with Crippen molar-refractivity contribution in [2.75, 3.05) is 6.61 Å². The molecule has 3 rings (SSSR count). The molecule has 2 aromatic rings. The Morgan fingerprint density at radius 1 is 1.19 bits per heavy atom. The highest BCUT2D eigenvalue weighted by Gasteiger charge is 2.14. The second-order valence-corrected chi connectivity index (χ2v) is 3.63. The SMILES string of the molecule is Cl.c1ccc(-c2cnc3n2CCOC3)cc1. The van der Waals surface area contributed by atoms with Crippen LogP contribution >= 0.6 is 12.4 Å². The number of hydrogen-bond donors (Lipinski definition) is 0. The predicted octanol–water partition coefficient (Wildman–Crippen LogP) is 2.50. The molecule has 2 heterocycles. The van der Waals surface area contributed by atoms with E-state index in [1.165, 1.54) is 11.3 Å². The molecule has 0 atom stereocenters. The highest BCUT2D eigenvalue weighted by Crippen LogP contribution is 2.22. The summed E-state index contributed by atoms with van der Waals surface area (Å²) in [5, 5.41) is 0. The Labute approximate surface area is 100 Å². The fraction of sp³-hybridized carbons (Fsp3) is 0.250. The maximum Gasteiger partial charge on any atom is 0.135 e. The molecule has 16 heavy (non-hydrogen) atoms. The molecule has 84 valence electrons. The number of nitrogens with zero attached hydrogens (tertiary/aromatic N) is 2. The summed E-state index contributed by atoms with van der Waals surface area (Å²) in [6, 6.07) is 10.4. The van der Waals surface area contributed by atoms with E-state index in [-0.39, 0.29) is 12.4 Å². The fourth-order valence-electron chi connectivity index (χ4n) is 1.94. The van der Waals surface area contributed by atoms with E-state index in [9.17, 15) is 0 Å². The van der Waals surface area contributed by atoms with Gasteiger partial charge in [0, 0.05) is 6.54 Å². The summed E-state index contributed by atoms with van der Waals surface area (Å²) in [7, 11) is 0. The molecule has 0 fully saturated rings. The molecule has 0 saturated carbocycles. The number of halogens is 1. The molecule has 0 radical (unpaired) electrons. The molecule has 0 saturated heterocycles. The van der Waals surface area contributed by atoms with Gasteiger partial charge in [-0.2, -0.15) is 0 Å². The van der Waals surface area contributed by atoms with Gasteiger partial charge in [-0.05, 0) is 5.56 Å². The Hall–Kier alpha value is -1.32. The second-order valence-electron chi connectivity index (χ2n) is 3.63. The molecule has 4 heteroatoms. The number of imidazole rings is 1. The molecule has 3 nitrogen and oxygen atoms in total. The van der Waals surface area contributed by atoms with Crippen molar-refractivity contribution in [2.24, 2.45) is 0 Å². The largest absolute Gasteiger partial charge is 0.372 e. The minimum absolute atomic E-state index is 0. The minimum atomic E-state index is 0. The predicted molar refractivity (Wildman–Crippen MR) is 64.6 cm³/mol. The lowest BCUT2D eigenvalue weighted by Crippen LogP contribution is -2.17. The Morgan fingerprint density at radius 2 is 2.00 bits per heavy atom. The summed E-state index contributed by atoms with van der Waals surface area (Å²) in [6.45, 7) is 2.32. The van der Waals surface area contributed by atoms with E-state index in [2.05, 4.69) is 33.8 Å². The molecular formula is C12H13ClN2O. The van der Waals surface area contributed by atoms with E-state index in [0.29, 0.717) is 6.61 Å². The van der Waals surface area contributed by atoms with Gasteiger partial charge >= 0.3 is 0 Å². The van der Waals surface area contributed by atoms with Gasteiger partial charge in [-0.25, -0.2) is 4.98 Å². The monoisotopic (exact) mass is 236 g/mol. The van der Waals surface area contributed by atoms with Crippen molar-refractivity contribution < 1.29 is 4.74 Å². The van der Waals surface area contributed by atoms with Crippen molar-refractivity contribution in [1.29, 1.82) is 0 Å². The van der Waals surface area contributed by atoms with Crippen molar-refractivity contribution in [3.63, 3.8) is 0 Å². The van der Waals surface area contributed by atoms with Crippen molar-refractivity contribution in [3.05, 3.63) is 42.4 Å². The van der Waals surface area contributed by atoms with Crippen LogP contribution in [-0.2, 0) is 17.9 Å². The number of fused-ring (bicyclic) bond motifs is 1. The summed E-state index contributed by atoms with van der Waals surface area (Å²) < 4.78 is 7.60. The summed E-state index contributed by atoms with van der Waals surface area (Å²) in [4.78, 5) is 4.37. The van der Waals surface area contributed by atoms with Gasteiger partial charge in [-0.15, -0.1) is 12.4 Å². The topological polar surface area (TPSA) is 27.1 Å². The third-order valence-corrected chi connectivity index (χ3v) is 2.70. The summed E-state index contributed by atoms with van der Waals surface area (Å²) in [5.41, 5.74) is 2.41. The van der Waals surface area contributed by atoms with Gasteiger partial charge in [-0.1, -0.05) is 30.3 Å². The lowest BCUT2D eigenvalue weighted by Gasteiger charge is -2.16. The third kappa shape index (κ3) is 1.84. The standard InChI is InChI=1S/C12H12N2O.ClH/c1-2-4-10(5-3-1)11-8-13-12-9-15-7-6-14(11)12;/h1-5,8H,6-7,9H2;1H. The Bertz CT molecular complexity index is 467. The van der Waals surface area contributed by atoms with Crippen molar-refractivity contribution in [1.82, 2.24) is 9.55 Å². The van der Waals surface area contributed by atoms with Crippen LogP contribution in [0.15, 0.2) is 36.5 Å². The van der Waals surface area contributed by atoms with E-state index in [4.69, 9.17) is 4.74 Å². The zero-order valence-corrected chi connectivity index (χ0v) is 9.61. The van der Waals surface area contributed by atoms with Crippen LogP contribution in [0.1, 0.15) is 5.82 Å². The molecule has 0 spiro atoms. The highest BCUT2D eigenvalue weighted by molar-refractivity contribution is 5.85. The van der Waals surface area contributed by atoms with Gasteiger partial charge in [0.1, 0.15) is 12.4 Å². The third-order valence-electron chi connectivity index (χ3n) is 2.70. The number of rotatable bonds is 1. The molecule has 0 bridgehead atoms. The van der Waals surface area contributed by atoms with Crippen LogP contribution in [0.2, 0.25) is 0 Å². The van der Waals surface area contributed by atoms with E-state index >= 15 is 0 Å². The first-order chi connectivity index (χ1) is 7.45. The Balaban J connectivity index is 0.000000963. The zero-order valence-electron chi connectivity index (χ0n) is 8.80. The van der Waals surface area contributed by atoms with Crippen LogP contribution in [0.25, 0.3) is 11.3 Å². The van der Waals surface area contributed by atoms with Crippen LogP contribution in [0.4, 0.5) is 0 Å². The maximum absolute atomic E-state index is 5.36. The van der Waals surface area contributed by atoms with Crippen molar-refractivity contribution in [3.8, 4) is 11.3 Å². The average molecular weight is 237 g/mol. The molecule has 0 amide bonds. The Morgan fingerprint density at radius 3 is 2.81 bits per heavy atom. The molecule has 1 aliphatic heterocycles. The average Bonchev–Trinajstić information content (AvgIpc) is 2.74. The quantitative estimate of drug-likeness (QED) is 0.761. The number of aromatic nitrogens is 2. The van der Waals surface area contributed by atoms with Crippen LogP contribution in [0, 0.1) is 0 Å². The maximum atomic E-state index is 5.36. The number of ether oxygens (including phenoxy) is 1. The molecule has 0 unspecified atom stereocenters. The van der Waals surface area contributed by atoms with Gasteiger partial charge in [0.25, 0.3) is 0 Å². The van der Waals surface area contributed by atoms with Gasteiger partial charge in [0.15, 0.2) is 0 Å². The minimum Gasteiger partial charge on any atom is -0.372 e. The second kappa shape index (κ2) is 4.68. The molecule has 0 aliphatic carbocycles. The van der Waals surface area contributed by atoms with E-state index in [0.717, 1.165) is 19.0 Å².